The van der Waals surface area contributed by atoms with Crippen molar-refractivity contribution in [1.82, 2.24) is 4.98 Å². The SMILES string of the molecule is O=P(c1ccccc1)(c1ccccc1)c1ccc2c(ccc3c(-c4ccccc4)nc4cc(N(c5ccccc5)c5ccccc5)ccc4c32)c1. The van der Waals surface area contributed by atoms with Gasteiger partial charge in [0.2, 0.25) is 0 Å². The van der Waals surface area contributed by atoms with E-state index < -0.39 is 7.14 Å². The minimum absolute atomic E-state index is 0.817. The fraction of sp³-hybridized carbons (Fsp3) is 0. The Hall–Kier alpha value is -6.28. The molecule has 9 aromatic rings. The number of hydrogen-bond acceptors (Lipinski definition) is 3. The van der Waals surface area contributed by atoms with Gasteiger partial charge in [-0.2, -0.15) is 0 Å². The van der Waals surface area contributed by atoms with Gasteiger partial charge in [0.25, 0.3) is 0 Å². The fourth-order valence-electron chi connectivity index (χ4n) is 7.28. The molecule has 0 N–H and O–H groups in total. The Bertz CT molecular complexity index is 2620. The molecule has 0 unspecified atom stereocenters. The number of pyridine rings is 1. The maximum Gasteiger partial charge on any atom is 0.171 e. The molecule has 0 aliphatic heterocycles. The fourth-order valence-corrected chi connectivity index (χ4v) is 9.97. The molecule has 1 heterocycles. The molecule has 0 saturated heterocycles. The van der Waals surface area contributed by atoms with E-state index in [2.05, 4.69) is 126 Å². The van der Waals surface area contributed by atoms with E-state index in [0.717, 1.165) is 76.7 Å². The lowest BCUT2D eigenvalue weighted by Gasteiger charge is -2.26. The van der Waals surface area contributed by atoms with Crippen molar-refractivity contribution in [1.29, 1.82) is 0 Å². The number of nitrogens with zero attached hydrogens (tertiary/aromatic N) is 2. The lowest BCUT2D eigenvalue weighted by atomic mass is 9.95. The van der Waals surface area contributed by atoms with Crippen molar-refractivity contribution in [3.8, 4) is 11.3 Å². The second-order valence-corrected chi connectivity index (χ2v) is 15.5. The maximum atomic E-state index is 15.3. The Balaban J connectivity index is 1.30. The number of para-hydroxylation sites is 2. The Labute approximate surface area is 297 Å². The van der Waals surface area contributed by atoms with Crippen LogP contribution in [0.5, 0.6) is 0 Å². The van der Waals surface area contributed by atoms with Crippen LogP contribution in [0.4, 0.5) is 17.1 Å². The van der Waals surface area contributed by atoms with E-state index in [9.17, 15) is 0 Å². The predicted molar refractivity (Wildman–Crippen MR) is 216 cm³/mol. The van der Waals surface area contributed by atoms with Crippen LogP contribution in [-0.2, 0) is 4.57 Å². The average Bonchev–Trinajstić information content (AvgIpc) is 3.21. The number of fused-ring (bicyclic) bond motifs is 5. The molecule has 0 atom stereocenters. The zero-order valence-corrected chi connectivity index (χ0v) is 28.7. The highest BCUT2D eigenvalue weighted by atomic mass is 31.2. The van der Waals surface area contributed by atoms with Gasteiger partial charge in [0.1, 0.15) is 0 Å². The van der Waals surface area contributed by atoms with Crippen LogP contribution in [0.1, 0.15) is 0 Å². The summed E-state index contributed by atoms with van der Waals surface area (Å²) in [5.41, 5.74) is 6.09. The van der Waals surface area contributed by atoms with Crippen molar-refractivity contribution in [2.24, 2.45) is 0 Å². The van der Waals surface area contributed by atoms with Gasteiger partial charge in [0, 0.05) is 54.7 Å². The van der Waals surface area contributed by atoms with Crippen LogP contribution in [0, 0.1) is 0 Å². The molecule has 0 aliphatic rings. The van der Waals surface area contributed by atoms with Crippen molar-refractivity contribution in [2.75, 3.05) is 4.90 Å². The molecule has 4 heteroatoms. The van der Waals surface area contributed by atoms with Crippen molar-refractivity contribution in [3.05, 3.63) is 200 Å². The predicted octanol–water partition coefficient (Wildman–Crippen LogP) is 11.3. The van der Waals surface area contributed by atoms with E-state index >= 15 is 4.57 Å². The lowest BCUT2D eigenvalue weighted by Crippen LogP contribution is -2.24. The van der Waals surface area contributed by atoms with Crippen LogP contribution in [0.15, 0.2) is 200 Å². The van der Waals surface area contributed by atoms with Gasteiger partial charge in [-0.1, -0.05) is 158 Å². The summed E-state index contributed by atoms with van der Waals surface area (Å²) in [6.07, 6.45) is 0. The summed E-state index contributed by atoms with van der Waals surface area (Å²) < 4.78 is 15.3. The molecule has 0 bridgehead atoms. The Kier molecular flexibility index (Phi) is 7.76. The first-order chi connectivity index (χ1) is 25.2. The zero-order chi connectivity index (χ0) is 34.2. The molecular weight excluding hydrogens is 640 g/mol. The number of hydrogen-bond donors (Lipinski definition) is 0. The number of benzene rings is 8. The highest BCUT2D eigenvalue weighted by Crippen LogP contribution is 2.45. The first-order valence-corrected chi connectivity index (χ1v) is 18.9. The summed E-state index contributed by atoms with van der Waals surface area (Å²) in [5.74, 6) is 0. The highest BCUT2D eigenvalue weighted by Gasteiger charge is 2.30. The molecule has 3 nitrogen and oxygen atoms in total. The van der Waals surface area contributed by atoms with Crippen LogP contribution < -0.4 is 20.8 Å². The van der Waals surface area contributed by atoms with Gasteiger partial charge in [0.05, 0.1) is 11.2 Å². The van der Waals surface area contributed by atoms with Crippen LogP contribution in [0.25, 0.3) is 43.7 Å². The summed E-state index contributed by atoms with van der Waals surface area (Å²) in [6.45, 7) is 0. The number of anilines is 3. The molecular formula is C47H33N2OP. The van der Waals surface area contributed by atoms with Gasteiger partial charge in [-0.3, -0.25) is 0 Å². The van der Waals surface area contributed by atoms with E-state index in [0.29, 0.717) is 0 Å². The van der Waals surface area contributed by atoms with Gasteiger partial charge in [-0.05, 0) is 53.2 Å². The van der Waals surface area contributed by atoms with Crippen molar-refractivity contribution >= 4 is 72.6 Å². The summed E-state index contributed by atoms with van der Waals surface area (Å²) >= 11 is 0. The van der Waals surface area contributed by atoms with Crippen LogP contribution in [0.3, 0.4) is 0 Å². The largest absolute Gasteiger partial charge is 0.310 e. The minimum atomic E-state index is -3.14. The summed E-state index contributed by atoms with van der Waals surface area (Å²) in [4.78, 5) is 7.65. The van der Waals surface area contributed by atoms with Gasteiger partial charge in [-0.15, -0.1) is 0 Å². The van der Waals surface area contributed by atoms with Gasteiger partial charge in [-0.25, -0.2) is 4.98 Å². The molecule has 0 fully saturated rings. The summed E-state index contributed by atoms with van der Waals surface area (Å²) in [7, 11) is -3.14. The van der Waals surface area contributed by atoms with Crippen LogP contribution >= 0.6 is 7.14 Å². The standard InChI is InChI=1S/C47H33N2OP/c50-51(39-22-12-4-13-23-39,40-24-14-5-15-25-40)41-28-31-42-35(32-41)26-29-44-46(42)43-30-27-38(33-45(43)48-47(44)34-16-6-1-7-17-34)49(36-18-8-2-9-19-36)37-20-10-3-11-21-37/h1-33H. The van der Waals surface area contributed by atoms with E-state index in [1.807, 2.05) is 78.9 Å². The monoisotopic (exact) mass is 672 g/mol. The third kappa shape index (κ3) is 5.40. The van der Waals surface area contributed by atoms with Crippen LogP contribution in [-0.4, -0.2) is 4.98 Å². The van der Waals surface area contributed by atoms with E-state index in [4.69, 9.17) is 4.98 Å². The second kappa shape index (κ2) is 12.9. The number of aromatic nitrogens is 1. The Morgan fingerprint density at radius 1 is 0.412 bits per heavy atom. The third-order valence-electron chi connectivity index (χ3n) is 9.68. The second-order valence-electron chi connectivity index (χ2n) is 12.7. The Morgan fingerprint density at radius 3 is 1.51 bits per heavy atom. The molecule has 242 valence electrons. The molecule has 0 saturated carbocycles. The maximum absolute atomic E-state index is 15.3. The molecule has 9 rings (SSSR count). The molecule has 0 radical (unpaired) electrons. The third-order valence-corrected chi connectivity index (χ3v) is 12.7. The van der Waals surface area contributed by atoms with Crippen molar-refractivity contribution in [3.63, 3.8) is 0 Å². The van der Waals surface area contributed by atoms with Crippen molar-refractivity contribution < 1.29 is 4.57 Å². The number of rotatable bonds is 7. The zero-order valence-electron chi connectivity index (χ0n) is 27.8. The minimum Gasteiger partial charge on any atom is -0.310 e. The van der Waals surface area contributed by atoms with Crippen LogP contribution in [0.2, 0.25) is 0 Å². The Morgan fingerprint density at radius 2 is 0.922 bits per heavy atom. The lowest BCUT2D eigenvalue weighted by molar-refractivity contribution is 0.592. The average molecular weight is 673 g/mol. The van der Waals surface area contributed by atoms with Gasteiger partial charge >= 0.3 is 0 Å². The summed E-state index contributed by atoms with van der Waals surface area (Å²) in [5, 5.41) is 7.90. The normalized spacial score (nSPS) is 11.6. The molecule has 1 aromatic heterocycles. The van der Waals surface area contributed by atoms with Gasteiger partial charge < -0.3 is 9.46 Å². The van der Waals surface area contributed by atoms with E-state index in [-0.39, 0.29) is 0 Å². The molecule has 51 heavy (non-hydrogen) atoms. The van der Waals surface area contributed by atoms with E-state index in [1.165, 1.54) is 0 Å². The topological polar surface area (TPSA) is 33.2 Å². The summed E-state index contributed by atoms with van der Waals surface area (Å²) in [6, 6.07) is 68.4. The van der Waals surface area contributed by atoms with Crippen molar-refractivity contribution in [2.45, 2.75) is 0 Å². The molecule has 0 amide bonds. The molecule has 0 spiro atoms. The smallest absolute Gasteiger partial charge is 0.171 e. The molecule has 8 aromatic carbocycles. The highest BCUT2D eigenvalue weighted by molar-refractivity contribution is 7.85. The van der Waals surface area contributed by atoms with E-state index in [1.54, 1.807) is 0 Å². The van der Waals surface area contributed by atoms with Gasteiger partial charge in [0.15, 0.2) is 7.14 Å². The first-order valence-electron chi connectivity index (χ1n) is 17.2. The first kappa shape index (κ1) is 30.8. The quantitative estimate of drug-likeness (QED) is 0.125. The molecule has 0 aliphatic carbocycles.